The van der Waals surface area contributed by atoms with E-state index in [1.807, 2.05) is 19.1 Å². The molecule has 0 saturated carbocycles. The van der Waals surface area contributed by atoms with E-state index < -0.39 is 0 Å². The summed E-state index contributed by atoms with van der Waals surface area (Å²) in [4.78, 5) is 12.8. The highest BCUT2D eigenvalue weighted by Crippen LogP contribution is 2.24. The fraction of sp³-hybridized carbons (Fsp3) is 0.400. The Morgan fingerprint density at radius 3 is 3.00 bits per heavy atom. The lowest BCUT2D eigenvalue weighted by atomic mass is 10.2. The molecule has 1 unspecified atom stereocenters. The highest BCUT2D eigenvalue weighted by atomic mass is 32.2. The van der Waals surface area contributed by atoms with Crippen molar-refractivity contribution in [1.29, 1.82) is 0 Å². The zero-order valence-corrected chi connectivity index (χ0v) is 12.2. The molecule has 3 nitrogen and oxygen atoms in total. The van der Waals surface area contributed by atoms with Gasteiger partial charge in [0, 0.05) is 11.4 Å². The average Bonchev–Trinajstić information content (AvgIpc) is 2.42. The maximum Gasteiger partial charge on any atom is 0.233 e. The van der Waals surface area contributed by atoms with Crippen molar-refractivity contribution in [1.82, 2.24) is 10.6 Å². The van der Waals surface area contributed by atoms with Crippen LogP contribution in [0.2, 0.25) is 0 Å². The molecule has 2 N–H and O–H groups in total. The molecule has 0 aromatic heterocycles. The van der Waals surface area contributed by atoms with Crippen LogP contribution >= 0.6 is 11.8 Å². The van der Waals surface area contributed by atoms with Gasteiger partial charge in [-0.05, 0) is 31.2 Å². The molecule has 1 atom stereocenters. The summed E-state index contributed by atoms with van der Waals surface area (Å²) in [6, 6.07) is 8.22. The number of benzene rings is 1. The summed E-state index contributed by atoms with van der Waals surface area (Å²) in [5.41, 5.74) is 1.23. The van der Waals surface area contributed by atoms with Crippen molar-refractivity contribution in [3.8, 4) is 12.3 Å². The first-order chi connectivity index (χ1) is 9.17. The van der Waals surface area contributed by atoms with E-state index >= 15 is 0 Å². The molecule has 0 aliphatic carbocycles. The fourth-order valence-electron chi connectivity index (χ4n) is 1.54. The number of hydrogen-bond donors (Lipinski definition) is 2. The Balaban J connectivity index is 2.56. The first-order valence-electron chi connectivity index (χ1n) is 6.34. The standard InChI is InChI=1S/C15H20N2OS/c1-4-9-17-15(18)12(3)19-14-8-6-7-13(10-14)11-16-5-2/h1,6-8,10,12,16H,5,9,11H2,2-3H3,(H,17,18). The Bertz CT molecular complexity index is 454. The maximum atomic E-state index is 11.7. The van der Waals surface area contributed by atoms with E-state index in [0.29, 0.717) is 0 Å². The summed E-state index contributed by atoms with van der Waals surface area (Å²) in [7, 11) is 0. The number of hydrogen-bond acceptors (Lipinski definition) is 3. The number of terminal acetylenes is 1. The number of amides is 1. The van der Waals surface area contributed by atoms with Gasteiger partial charge in [0.1, 0.15) is 0 Å². The topological polar surface area (TPSA) is 41.1 Å². The minimum absolute atomic E-state index is 0.0277. The Labute approximate surface area is 119 Å². The van der Waals surface area contributed by atoms with Crippen LogP contribution in [-0.2, 0) is 11.3 Å². The first kappa shape index (κ1) is 15.6. The minimum Gasteiger partial charge on any atom is -0.344 e. The predicted octanol–water partition coefficient (Wildman–Crippen LogP) is 2.03. The monoisotopic (exact) mass is 276 g/mol. The number of rotatable bonds is 7. The lowest BCUT2D eigenvalue weighted by Crippen LogP contribution is -2.31. The maximum absolute atomic E-state index is 11.7. The van der Waals surface area contributed by atoms with E-state index in [4.69, 9.17) is 6.42 Å². The summed E-state index contributed by atoms with van der Waals surface area (Å²) < 4.78 is 0. The molecule has 0 aliphatic rings. The number of carbonyl (C=O) groups excluding carboxylic acids is 1. The number of carbonyl (C=O) groups is 1. The molecule has 19 heavy (non-hydrogen) atoms. The third kappa shape index (κ3) is 5.82. The molecule has 1 aromatic rings. The molecular weight excluding hydrogens is 256 g/mol. The van der Waals surface area contributed by atoms with Crippen LogP contribution in [0.25, 0.3) is 0 Å². The van der Waals surface area contributed by atoms with Crippen LogP contribution in [0.4, 0.5) is 0 Å². The molecule has 1 aromatic carbocycles. The van der Waals surface area contributed by atoms with Crippen LogP contribution in [0.1, 0.15) is 19.4 Å². The fourth-order valence-corrected chi connectivity index (χ4v) is 2.51. The molecule has 0 spiro atoms. The molecule has 102 valence electrons. The predicted molar refractivity (Wildman–Crippen MR) is 81.0 cm³/mol. The summed E-state index contributed by atoms with van der Waals surface area (Å²) in [6.45, 7) is 6.04. The van der Waals surface area contributed by atoms with Gasteiger partial charge in [0.15, 0.2) is 0 Å². The van der Waals surface area contributed by atoms with E-state index in [0.717, 1.165) is 18.0 Å². The Morgan fingerprint density at radius 2 is 2.32 bits per heavy atom. The number of nitrogens with one attached hydrogen (secondary N) is 2. The highest BCUT2D eigenvalue weighted by Gasteiger charge is 2.13. The Morgan fingerprint density at radius 1 is 1.53 bits per heavy atom. The Hall–Kier alpha value is -1.44. The second-order valence-corrected chi connectivity index (χ2v) is 5.52. The van der Waals surface area contributed by atoms with Crippen molar-refractivity contribution in [2.75, 3.05) is 13.1 Å². The lowest BCUT2D eigenvalue weighted by Gasteiger charge is -2.11. The van der Waals surface area contributed by atoms with Crippen LogP contribution < -0.4 is 10.6 Å². The zero-order valence-electron chi connectivity index (χ0n) is 11.4. The van der Waals surface area contributed by atoms with Crippen LogP contribution in [0.3, 0.4) is 0 Å². The molecule has 0 saturated heterocycles. The van der Waals surface area contributed by atoms with Gasteiger partial charge in [-0.1, -0.05) is 25.0 Å². The molecule has 0 aliphatic heterocycles. The van der Waals surface area contributed by atoms with Gasteiger partial charge < -0.3 is 10.6 Å². The van der Waals surface area contributed by atoms with Crippen molar-refractivity contribution >= 4 is 17.7 Å². The molecule has 0 radical (unpaired) electrons. The quantitative estimate of drug-likeness (QED) is 0.591. The van der Waals surface area contributed by atoms with Gasteiger partial charge in [-0.25, -0.2) is 0 Å². The van der Waals surface area contributed by atoms with Crippen molar-refractivity contribution in [3.05, 3.63) is 29.8 Å². The molecule has 0 fully saturated rings. The van der Waals surface area contributed by atoms with Gasteiger partial charge >= 0.3 is 0 Å². The average molecular weight is 276 g/mol. The van der Waals surface area contributed by atoms with Crippen molar-refractivity contribution < 1.29 is 4.79 Å². The van der Waals surface area contributed by atoms with Crippen LogP contribution in [0.5, 0.6) is 0 Å². The van der Waals surface area contributed by atoms with Gasteiger partial charge in [0.25, 0.3) is 0 Å². The van der Waals surface area contributed by atoms with Crippen molar-refractivity contribution in [2.45, 2.75) is 30.5 Å². The molecule has 1 amide bonds. The van der Waals surface area contributed by atoms with Gasteiger partial charge in [-0.2, -0.15) is 0 Å². The zero-order chi connectivity index (χ0) is 14.1. The third-order valence-electron chi connectivity index (χ3n) is 2.52. The molecular formula is C15H20N2OS. The number of thioether (sulfide) groups is 1. The summed E-state index contributed by atoms with van der Waals surface area (Å²) >= 11 is 1.54. The largest absolute Gasteiger partial charge is 0.344 e. The highest BCUT2D eigenvalue weighted by molar-refractivity contribution is 8.00. The third-order valence-corrected chi connectivity index (χ3v) is 3.62. The molecule has 0 bridgehead atoms. The SMILES string of the molecule is C#CCNC(=O)C(C)Sc1cccc(CNCC)c1. The van der Waals surface area contributed by atoms with Crippen molar-refractivity contribution in [2.24, 2.45) is 0 Å². The summed E-state index contributed by atoms with van der Waals surface area (Å²) in [6.07, 6.45) is 5.12. The van der Waals surface area contributed by atoms with Gasteiger partial charge in [0.2, 0.25) is 5.91 Å². The van der Waals surface area contributed by atoms with Crippen LogP contribution in [0.15, 0.2) is 29.2 Å². The second-order valence-electron chi connectivity index (χ2n) is 4.11. The van der Waals surface area contributed by atoms with Crippen molar-refractivity contribution in [3.63, 3.8) is 0 Å². The van der Waals surface area contributed by atoms with Gasteiger partial charge in [-0.3, -0.25) is 4.79 Å². The Kier molecular flexibility index (Phi) is 7.09. The first-order valence-corrected chi connectivity index (χ1v) is 7.22. The summed E-state index contributed by atoms with van der Waals surface area (Å²) in [5.74, 6) is 2.37. The van der Waals surface area contributed by atoms with E-state index in [-0.39, 0.29) is 17.7 Å². The van der Waals surface area contributed by atoms with E-state index in [2.05, 4.69) is 35.6 Å². The van der Waals surface area contributed by atoms with E-state index in [9.17, 15) is 4.79 Å². The summed E-state index contributed by atoms with van der Waals surface area (Å²) in [5, 5.41) is 5.83. The normalized spacial score (nSPS) is 11.6. The second kappa shape index (κ2) is 8.63. The molecule has 0 heterocycles. The van der Waals surface area contributed by atoms with Gasteiger partial charge in [-0.15, -0.1) is 18.2 Å². The smallest absolute Gasteiger partial charge is 0.233 e. The lowest BCUT2D eigenvalue weighted by molar-refractivity contribution is -0.120. The molecule has 4 heteroatoms. The van der Waals surface area contributed by atoms with Crippen LogP contribution in [-0.4, -0.2) is 24.2 Å². The van der Waals surface area contributed by atoms with Gasteiger partial charge in [0.05, 0.1) is 11.8 Å². The van der Waals surface area contributed by atoms with Crippen LogP contribution in [0, 0.1) is 12.3 Å². The minimum atomic E-state index is -0.150. The van der Waals surface area contributed by atoms with E-state index in [1.54, 1.807) is 11.8 Å². The molecule has 1 rings (SSSR count). The van der Waals surface area contributed by atoms with E-state index in [1.165, 1.54) is 5.56 Å².